The van der Waals surface area contributed by atoms with E-state index in [4.69, 9.17) is 0 Å². The Morgan fingerprint density at radius 2 is 1.69 bits per heavy atom. The lowest BCUT2D eigenvalue weighted by molar-refractivity contribution is -0.114. The molecule has 0 aliphatic heterocycles. The van der Waals surface area contributed by atoms with E-state index in [1.807, 2.05) is 56.8 Å². The van der Waals surface area contributed by atoms with Crippen molar-refractivity contribution in [2.45, 2.75) is 34.2 Å². The van der Waals surface area contributed by atoms with Gasteiger partial charge in [0.2, 0.25) is 11.9 Å². The van der Waals surface area contributed by atoms with Crippen molar-refractivity contribution in [3.63, 3.8) is 0 Å². The monoisotopic (exact) mass is 432 g/mol. The first kappa shape index (κ1) is 22.7. The van der Waals surface area contributed by atoms with Gasteiger partial charge in [-0.3, -0.25) is 19.6 Å². The van der Waals surface area contributed by atoms with Gasteiger partial charge in [-0.15, -0.1) is 0 Å². The fourth-order valence-corrected chi connectivity index (χ4v) is 3.24. The first-order valence-corrected chi connectivity index (χ1v) is 10.3. The second-order valence-corrected chi connectivity index (χ2v) is 7.59. The molecule has 8 heteroatoms. The number of anilines is 2. The molecule has 0 saturated heterocycles. The van der Waals surface area contributed by atoms with Crippen LogP contribution in [0.5, 0.6) is 0 Å². The van der Waals surface area contributed by atoms with E-state index >= 15 is 0 Å². The number of carbonyl (C=O) groups excluding carboxylic acids is 2. The molecule has 3 rings (SSSR count). The number of rotatable bonds is 5. The predicted molar refractivity (Wildman–Crippen MR) is 127 cm³/mol. The molecular formula is C24H28N6O2. The summed E-state index contributed by atoms with van der Waals surface area (Å²) in [4.78, 5) is 28.7. The highest BCUT2D eigenvalue weighted by Gasteiger charge is 2.13. The number of benzene rings is 2. The first-order chi connectivity index (χ1) is 15.2. The summed E-state index contributed by atoms with van der Waals surface area (Å²) in [7, 11) is 1.90. The molecule has 166 valence electrons. The van der Waals surface area contributed by atoms with Gasteiger partial charge in [0.15, 0.2) is 0 Å². The van der Waals surface area contributed by atoms with Crippen molar-refractivity contribution in [1.82, 2.24) is 15.1 Å². The summed E-state index contributed by atoms with van der Waals surface area (Å²) in [5.41, 5.74) is 5.92. The van der Waals surface area contributed by atoms with Gasteiger partial charge in [0.05, 0.1) is 12.2 Å². The van der Waals surface area contributed by atoms with Gasteiger partial charge in [0.25, 0.3) is 5.91 Å². The molecule has 1 aromatic heterocycles. The Morgan fingerprint density at radius 3 is 2.28 bits per heavy atom. The summed E-state index contributed by atoms with van der Waals surface area (Å²) in [6.45, 7) is 7.74. The quantitative estimate of drug-likeness (QED) is 0.423. The molecule has 2 aromatic carbocycles. The molecule has 0 saturated carbocycles. The number of aryl methyl sites for hydroxylation is 3. The zero-order valence-corrected chi connectivity index (χ0v) is 19.0. The number of amides is 2. The van der Waals surface area contributed by atoms with Crippen LogP contribution in [0.4, 0.5) is 11.4 Å². The van der Waals surface area contributed by atoms with Crippen LogP contribution in [-0.2, 0) is 18.4 Å². The van der Waals surface area contributed by atoms with Gasteiger partial charge >= 0.3 is 0 Å². The fraction of sp³-hybridized carbons (Fsp3) is 0.250. The van der Waals surface area contributed by atoms with Gasteiger partial charge in [-0.2, -0.15) is 5.10 Å². The molecule has 2 amide bonds. The largest absolute Gasteiger partial charge is 0.326 e. The van der Waals surface area contributed by atoms with Crippen molar-refractivity contribution >= 4 is 29.1 Å². The van der Waals surface area contributed by atoms with E-state index in [1.54, 1.807) is 24.3 Å². The standard InChI is InChI=1S/C24H28N6O2/c1-15-8-6-7-9-22(15)27-24(25-14-21-16(2)29-30(5)17(21)3)28-23(32)19-10-12-20(13-11-19)26-18(4)31/h6-13H,14H2,1-5H3,(H,26,31)(H2,25,27,28,32). The predicted octanol–water partition coefficient (Wildman–Crippen LogP) is 3.70. The SMILES string of the molecule is CC(=O)Nc1ccc(C(=O)NC(=NCc2c(C)nn(C)c2C)Nc2ccccc2C)cc1. The topological polar surface area (TPSA) is 100 Å². The minimum absolute atomic E-state index is 0.167. The number of hydrogen-bond donors (Lipinski definition) is 3. The van der Waals surface area contributed by atoms with E-state index in [1.165, 1.54) is 6.92 Å². The Labute approximate surface area is 187 Å². The maximum atomic E-state index is 12.9. The maximum Gasteiger partial charge on any atom is 0.257 e. The van der Waals surface area contributed by atoms with Gasteiger partial charge in [-0.1, -0.05) is 18.2 Å². The summed E-state index contributed by atoms with van der Waals surface area (Å²) in [5, 5.41) is 13.2. The highest BCUT2D eigenvalue weighted by molar-refractivity contribution is 6.10. The molecule has 8 nitrogen and oxygen atoms in total. The molecule has 0 aliphatic rings. The molecule has 32 heavy (non-hydrogen) atoms. The maximum absolute atomic E-state index is 12.9. The van der Waals surface area contributed by atoms with E-state index in [0.717, 1.165) is 28.2 Å². The number of carbonyl (C=O) groups is 2. The van der Waals surface area contributed by atoms with Crippen LogP contribution in [0, 0.1) is 20.8 Å². The van der Waals surface area contributed by atoms with Crippen LogP contribution >= 0.6 is 0 Å². The highest BCUT2D eigenvalue weighted by Crippen LogP contribution is 2.16. The number of guanidine groups is 1. The van der Waals surface area contributed by atoms with Crippen LogP contribution < -0.4 is 16.0 Å². The Balaban J connectivity index is 1.83. The van der Waals surface area contributed by atoms with Crippen LogP contribution in [0.25, 0.3) is 0 Å². The van der Waals surface area contributed by atoms with Crippen LogP contribution in [-0.4, -0.2) is 27.6 Å². The Morgan fingerprint density at radius 1 is 1.00 bits per heavy atom. The third-order valence-electron chi connectivity index (χ3n) is 5.15. The fourth-order valence-electron chi connectivity index (χ4n) is 3.24. The van der Waals surface area contributed by atoms with Crippen molar-refractivity contribution in [2.24, 2.45) is 12.0 Å². The lowest BCUT2D eigenvalue weighted by Gasteiger charge is -2.14. The molecule has 0 radical (unpaired) electrons. The first-order valence-electron chi connectivity index (χ1n) is 10.3. The normalized spacial score (nSPS) is 11.2. The number of aliphatic imine (C=N–C) groups is 1. The van der Waals surface area contributed by atoms with Crippen molar-refractivity contribution in [2.75, 3.05) is 10.6 Å². The summed E-state index contributed by atoms with van der Waals surface area (Å²) in [6.07, 6.45) is 0. The molecule has 0 aliphatic carbocycles. The lowest BCUT2D eigenvalue weighted by atomic mass is 10.2. The minimum atomic E-state index is -0.307. The summed E-state index contributed by atoms with van der Waals surface area (Å²) < 4.78 is 1.82. The summed E-state index contributed by atoms with van der Waals surface area (Å²) in [6, 6.07) is 14.5. The smallest absolute Gasteiger partial charge is 0.257 e. The Hall–Kier alpha value is -3.94. The Kier molecular flexibility index (Phi) is 7.04. The van der Waals surface area contributed by atoms with Gasteiger partial charge in [0, 0.05) is 42.2 Å². The molecule has 0 unspecified atom stereocenters. The molecule has 3 N–H and O–H groups in total. The van der Waals surface area contributed by atoms with Gasteiger partial charge < -0.3 is 10.6 Å². The highest BCUT2D eigenvalue weighted by atomic mass is 16.2. The van der Waals surface area contributed by atoms with Crippen LogP contribution in [0.15, 0.2) is 53.5 Å². The van der Waals surface area contributed by atoms with E-state index in [9.17, 15) is 9.59 Å². The van der Waals surface area contributed by atoms with E-state index in [-0.39, 0.29) is 11.8 Å². The van der Waals surface area contributed by atoms with Gasteiger partial charge in [-0.05, 0) is 56.7 Å². The molecular weight excluding hydrogens is 404 g/mol. The molecule has 0 bridgehead atoms. The number of nitrogens with zero attached hydrogens (tertiary/aromatic N) is 3. The molecule has 0 spiro atoms. The van der Waals surface area contributed by atoms with Crippen molar-refractivity contribution in [3.05, 3.63) is 76.6 Å². The molecule has 3 aromatic rings. The number of hydrogen-bond acceptors (Lipinski definition) is 4. The average molecular weight is 433 g/mol. The van der Waals surface area contributed by atoms with Crippen molar-refractivity contribution in [3.8, 4) is 0 Å². The number of para-hydroxylation sites is 1. The lowest BCUT2D eigenvalue weighted by Crippen LogP contribution is -2.36. The average Bonchev–Trinajstić information content (AvgIpc) is 2.99. The van der Waals surface area contributed by atoms with Crippen molar-refractivity contribution in [1.29, 1.82) is 0 Å². The van der Waals surface area contributed by atoms with E-state index in [0.29, 0.717) is 23.8 Å². The Bertz CT molecular complexity index is 1160. The molecule has 0 fully saturated rings. The third kappa shape index (κ3) is 5.60. The van der Waals surface area contributed by atoms with Crippen LogP contribution in [0.1, 0.15) is 39.8 Å². The zero-order valence-electron chi connectivity index (χ0n) is 19.0. The second kappa shape index (κ2) is 9.91. The molecule has 1 heterocycles. The zero-order chi connectivity index (χ0) is 23.3. The summed E-state index contributed by atoms with van der Waals surface area (Å²) >= 11 is 0. The number of nitrogens with one attached hydrogen (secondary N) is 3. The van der Waals surface area contributed by atoms with E-state index < -0.39 is 0 Å². The van der Waals surface area contributed by atoms with Crippen LogP contribution in [0.3, 0.4) is 0 Å². The minimum Gasteiger partial charge on any atom is -0.326 e. The summed E-state index contributed by atoms with van der Waals surface area (Å²) in [5.74, 6) is -0.128. The third-order valence-corrected chi connectivity index (χ3v) is 5.15. The number of aromatic nitrogens is 2. The second-order valence-electron chi connectivity index (χ2n) is 7.59. The van der Waals surface area contributed by atoms with Crippen molar-refractivity contribution < 1.29 is 9.59 Å². The molecule has 0 atom stereocenters. The van der Waals surface area contributed by atoms with Gasteiger partial charge in [-0.25, -0.2) is 4.99 Å². The van der Waals surface area contributed by atoms with Crippen LogP contribution in [0.2, 0.25) is 0 Å². The van der Waals surface area contributed by atoms with Gasteiger partial charge in [0.1, 0.15) is 0 Å². The van der Waals surface area contributed by atoms with E-state index in [2.05, 4.69) is 26.0 Å².